The van der Waals surface area contributed by atoms with E-state index in [0.717, 1.165) is 18.5 Å². The highest BCUT2D eigenvalue weighted by Crippen LogP contribution is 2.35. The zero-order valence-corrected chi connectivity index (χ0v) is 12.1. The van der Waals surface area contributed by atoms with Gasteiger partial charge in [-0.25, -0.2) is 0 Å². The molecule has 2 rings (SSSR count). The van der Waals surface area contributed by atoms with Gasteiger partial charge in [-0.15, -0.1) is 0 Å². The van der Waals surface area contributed by atoms with Crippen LogP contribution < -0.4 is 5.32 Å². The fraction of sp³-hybridized carbons (Fsp3) is 1.00. The molecule has 2 atom stereocenters. The summed E-state index contributed by atoms with van der Waals surface area (Å²) in [5.41, 5.74) is 0. The van der Waals surface area contributed by atoms with Gasteiger partial charge in [-0.2, -0.15) is 0 Å². The first-order chi connectivity index (χ1) is 8.70. The lowest BCUT2D eigenvalue weighted by Crippen LogP contribution is -2.48. The first kappa shape index (κ1) is 14.3. The van der Waals surface area contributed by atoms with Gasteiger partial charge in [-0.3, -0.25) is 4.90 Å². The smallest absolute Gasteiger partial charge is 0.0597 e. The van der Waals surface area contributed by atoms with Crippen LogP contribution in [0.1, 0.15) is 52.4 Å². The zero-order chi connectivity index (χ0) is 13.0. The van der Waals surface area contributed by atoms with Crippen molar-refractivity contribution in [2.75, 3.05) is 19.7 Å². The fourth-order valence-electron chi connectivity index (χ4n) is 3.87. The molecule has 0 spiro atoms. The van der Waals surface area contributed by atoms with Crippen molar-refractivity contribution in [3.8, 4) is 0 Å². The van der Waals surface area contributed by atoms with Crippen molar-refractivity contribution in [2.24, 2.45) is 5.92 Å². The molecule has 3 heteroatoms. The van der Waals surface area contributed by atoms with E-state index in [2.05, 4.69) is 24.1 Å². The van der Waals surface area contributed by atoms with Crippen LogP contribution in [0.2, 0.25) is 0 Å². The number of nitrogens with one attached hydrogen (secondary N) is 1. The van der Waals surface area contributed by atoms with E-state index in [4.69, 9.17) is 0 Å². The molecule has 2 unspecified atom stereocenters. The van der Waals surface area contributed by atoms with E-state index in [1.807, 2.05) is 0 Å². The van der Waals surface area contributed by atoms with Crippen molar-refractivity contribution in [1.29, 1.82) is 0 Å². The number of aliphatic hydroxyl groups excluding tert-OH is 1. The van der Waals surface area contributed by atoms with E-state index in [9.17, 15) is 5.11 Å². The van der Waals surface area contributed by atoms with Gasteiger partial charge in [0.05, 0.1) is 6.61 Å². The summed E-state index contributed by atoms with van der Waals surface area (Å²) in [6, 6.07) is 1.50. The van der Waals surface area contributed by atoms with Crippen molar-refractivity contribution in [3.05, 3.63) is 0 Å². The number of nitrogens with zero attached hydrogens (tertiary/aromatic N) is 1. The standard InChI is InChI=1S/C15H30N2O/c1-12(2)16-14(11-18)10-17-9-5-8-15(17)13-6-3-4-7-13/h12-16,18H,3-11H2,1-2H3. The quantitative estimate of drug-likeness (QED) is 0.761. The maximum absolute atomic E-state index is 9.50. The molecule has 1 heterocycles. The lowest BCUT2D eigenvalue weighted by Gasteiger charge is -2.32. The summed E-state index contributed by atoms with van der Waals surface area (Å²) >= 11 is 0. The second-order valence-corrected chi connectivity index (χ2v) is 6.45. The Morgan fingerprint density at radius 3 is 2.50 bits per heavy atom. The van der Waals surface area contributed by atoms with Gasteiger partial charge in [0.25, 0.3) is 0 Å². The SMILES string of the molecule is CC(C)NC(CO)CN1CCCC1C1CCCC1. The Hall–Kier alpha value is -0.120. The van der Waals surface area contributed by atoms with Crippen LogP contribution >= 0.6 is 0 Å². The third-order valence-corrected chi connectivity index (χ3v) is 4.60. The molecule has 1 saturated heterocycles. The Kier molecular flexibility index (Phi) is 5.46. The van der Waals surface area contributed by atoms with Gasteiger partial charge in [-0.05, 0) is 38.1 Å². The summed E-state index contributed by atoms with van der Waals surface area (Å²) in [5, 5.41) is 13.0. The van der Waals surface area contributed by atoms with Crippen LogP contribution in [0.4, 0.5) is 0 Å². The van der Waals surface area contributed by atoms with E-state index >= 15 is 0 Å². The molecule has 1 saturated carbocycles. The maximum Gasteiger partial charge on any atom is 0.0597 e. The van der Waals surface area contributed by atoms with Gasteiger partial charge in [0.15, 0.2) is 0 Å². The lowest BCUT2D eigenvalue weighted by atomic mass is 9.96. The summed E-state index contributed by atoms with van der Waals surface area (Å²) < 4.78 is 0. The second kappa shape index (κ2) is 6.88. The number of likely N-dealkylation sites (tertiary alicyclic amines) is 1. The van der Waals surface area contributed by atoms with E-state index in [1.165, 1.54) is 45.1 Å². The minimum Gasteiger partial charge on any atom is -0.395 e. The van der Waals surface area contributed by atoms with Crippen LogP contribution in [0.15, 0.2) is 0 Å². The zero-order valence-electron chi connectivity index (χ0n) is 12.1. The number of rotatable bonds is 6. The molecule has 1 aliphatic heterocycles. The van der Waals surface area contributed by atoms with Gasteiger partial charge in [0.1, 0.15) is 0 Å². The highest BCUT2D eigenvalue weighted by Gasteiger charge is 2.34. The average Bonchev–Trinajstić information content (AvgIpc) is 2.96. The van der Waals surface area contributed by atoms with Gasteiger partial charge in [0, 0.05) is 24.7 Å². The molecule has 18 heavy (non-hydrogen) atoms. The van der Waals surface area contributed by atoms with Crippen LogP contribution in [-0.2, 0) is 0 Å². The summed E-state index contributed by atoms with van der Waals surface area (Å²) in [5.74, 6) is 0.936. The molecule has 0 aromatic carbocycles. The molecular weight excluding hydrogens is 224 g/mol. The lowest BCUT2D eigenvalue weighted by molar-refractivity contribution is 0.140. The third-order valence-electron chi connectivity index (χ3n) is 4.60. The molecule has 0 radical (unpaired) electrons. The normalized spacial score (nSPS) is 28.3. The van der Waals surface area contributed by atoms with Crippen LogP contribution in [0, 0.1) is 5.92 Å². The van der Waals surface area contributed by atoms with Gasteiger partial charge in [0.2, 0.25) is 0 Å². The summed E-state index contributed by atoms with van der Waals surface area (Å²) in [4.78, 5) is 2.65. The predicted octanol–water partition coefficient (Wildman–Crippen LogP) is 2.00. The van der Waals surface area contributed by atoms with Crippen LogP contribution in [0.3, 0.4) is 0 Å². The van der Waals surface area contributed by atoms with Crippen molar-refractivity contribution in [1.82, 2.24) is 10.2 Å². The van der Waals surface area contributed by atoms with Crippen LogP contribution in [-0.4, -0.2) is 47.8 Å². The van der Waals surface area contributed by atoms with E-state index in [-0.39, 0.29) is 12.6 Å². The summed E-state index contributed by atoms with van der Waals surface area (Å²) in [7, 11) is 0. The first-order valence-corrected chi connectivity index (χ1v) is 7.81. The van der Waals surface area contributed by atoms with E-state index < -0.39 is 0 Å². The molecule has 0 aromatic heterocycles. The molecular formula is C15H30N2O. The molecule has 2 N–H and O–H groups in total. The Labute approximate surface area is 112 Å². The number of aliphatic hydroxyl groups is 1. The molecule has 1 aliphatic carbocycles. The monoisotopic (exact) mass is 254 g/mol. The average molecular weight is 254 g/mol. The number of hydrogen-bond acceptors (Lipinski definition) is 3. The second-order valence-electron chi connectivity index (χ2n) is 6.45. The predicted molar refractivity (Wildman–Crippen MR) is 75.7 cm³/mol. The van der Waals surface area contributed by atoms with Crippen LogP contribution in [0.5, 0.6) is 0 Å². The largest absolute Gasteiger partial charge is 0.395 e. The van der Waals surface area contributed by atoms with Crippen molar-refractivity contribution < 1.29 is 5.11 Å². The van der Waals surface area contributed by atoms with Gasteiger partial charge < -0.3 is 10.4 Å². The van der Waals surface area contributed by atoms with Crippen LogP contribution in [0.25, 0.3) is 0 Å². The molecule has 0 bridgehead atoms. The first-order valence-electron chi connectivity index (χ1n) is 7.81. The topological polar surface area (TPSA) is 35.5 Å². The molecule has 0 amide bonds. The van der Waals surface area contributed by atoms with Crippen molar-refractivity contribution in [2.45, 2.75) is 70.5 Å². The molecule has 3 nitrogen and oxygen atoms in total. The minimum atomic E-state index is 0.243. The van der Waals surface area contributed by atoms with Gasteiger partial charge in [-0.1, -0.05) is 26.7 Å². The molecule has 0 aromatic rings. The highest BCUT2D eigenvalue weighted by atomic mass is 16.3. The van der Waals surface area contributed by atoms with Crippen molar-refractivity contribution in [3.63, 3.8) is 0 Å². The maximum atomic E-state index is 9.50. The van der Waals surface area contributed by atoms with E-state index in [1.54, 1.807) is 0 Å². The number of hydrogen-bond donors (Lipinski definition) is 2. The Morgan fingerprint density at radius 1 is 1.17 bits per heavy atom. The summed E-state index contributed by atoms with van der Waals surface area (Å²) in [6.07, 6.45) is 8.46. The molecule has 106 valence electrons. The Bertz CT molecular complexity index is 239. The minimum absolute atomic E-state index is 0.243. The highest BCUT2D eigenvalue weighted by molar-refractivity contribution is 4.89. The Morgan fingerprint density at radius 2 is 1.89 bits per heavy atom. The summed E-state index contributed by atoms with van der Waals surface area (Å²) in [6.45, 7) is 6.82. The van der Waals surface area contributed by atoms with E-state index in [0.29, 0.717) is 6.04 Å². The third kappa shape index (κ3) is 3.69. The van der Waals surface area contributed by atoms with Crippen molar-refractivity contribution >= 4 is 0 Å². The fourth-order valence-corrected chi connectivity index (χ4v) is 3.87. The molecule has 2 fully saturated rings. The van der Waals surface area contributed by atoms with Gasteiger partial charge >= 0.3 is 0 Å². The molecule has 2 aliphatic rings. The Balaban J connectivity index is 1.85.